The van der Waals surface area contributed by atoms with E-state index < -0.39 is 0 Å². The molecular weight excluding hydrogens is 422 g/mol. The van der Waals surface area contributed by atoms with Crippen molar-refractivity contribution in [2.24, 2.45) is 5.73 Å². The van der Waals surface area contributed by atoms with E-state index in [4.69, 9.17) is 20.2 Å². The number of aryl methyl sites for hydroxylation is 1. The first-order valence-electron chi connectivity index (χ1n) is 9.60. The van der Waals surface area contributed by atoms with E-state index >= 15 is 0 Å². The molecule has 1 amide bonds. The van der Waals surface area contributed by atoms with Gasteiger partial charge in [0.25, 0.3) is 0 Å². The molecule has 1 saturated carbocycles. The Morgan fingerprint density at radius 2 is 2.07 bits per heavy atom. The van der Waals surface area contributed by atoms with Crippen molar-refractivity contribution in [3.63, 3.8) is 0 Å². The van der Waals surface area contributed by atoms with Gasteiger partial charge in [-0.15, -0.1) is 21.5 Å². The monoisotopic (exact) mass is 445 g/mol. The highest BCUT2D eigenvalue weighted by Crippen LogP contribution is 2.40. The molecule has 30 heavy (non-hydrogen) atoms. The Balaban J connectivity index is 1.46. The van der Waals surface area contributed by atoms with E-state index in [0.29, 0.717) is 29.7 Å². The number of thioether (sulfide) groups is 1. The second-order valence-electron chi connectivity index (χ2n) is 6.97. The molecular formula is C20H23N5O3S2. The molecule has 1 fully saturated rings. The Bertz CT molecular complexity index is 1040. The number of rotatable bonds is 10. The van der Waals surface area contributed by atoms with E-state index in [1.807, 2.05) is 18.2 Å². The Morgan fingerprint density at radius 1 is 1.27 bits per heavy atom. The molecule has 0 atom stereocenters. The van der Waals surface area contributed by atoms with Gasteiger partial charge in [0.05, 0.1) is 19.9 Å². The number of amides is 1. The lowest BCUT2D eigenvalue weighted by atomic mass is 10.2. The van der Waals surface area contributed by atoms with E-state index in [1.165, 1.54) is 0 Å². The molecule has 1 aliphatic rings. The van der Waals surface area contributed by atoms with Crippen LogP contribution in [-0.2, 0) is 17.0 Å². The first-order valence-corrected chi connectivity index (χ1v) is 11.5. The van der Waals surface area contributed by atoms with Crippen LogP contribution in [-0.4, -0.2) is 39.9 Å². The summed E-state index contributed by atoms with van der Waals surface area (Å²) in [7, 11) is 3.25. The van der Waals surface area contributed by atoms with Gasteiger partial charge in [0, 0.05) is 35.6 Å². The summed E-state index contributed by atoms with van der Waals surface area (Å²) in [6.07, 6.45) is 3.06. The normalized spacial score (nSPS) is 13.4. The highest BCUT2D eigenvalue weighted by atomic mass is 32.2. The standard InChI is InChI=1S/C20H23N5O3S2/c1-27-15-6-3-12(9-16(15)28-2)19-22-13(10-29-19)11-30-20-24-23-18(8-7-17(21)26)25(20)14-4-5-14/h3,6,9-10,14H,4-5,7-8,11H2,1-2H3,(H2,21,26). The van der Waals surface area contributed by atoms with Crippen molar-refractivity contribution in [1.82, 2.24) is 19.7 Å². The Kier molecular flexibility index (Phi) is 6.24. The largest absolute Gasteiger partial charge is 0.493 e. The predicted octanol–water partition coefficient (Wildman–Crippen LogP) is 3.46. The average molecular weight is 446 g/mol. The number of nitrogens with two attached hydrogens (primary N) is 1. The summed E-state index contributed by atoms with van der Waals surface area (Å²) >= 11 is 3.21. The average Bonchev–Trinajstić information content (AvgIpc) is 3.33. The molecule has 2 N–H and O–H groups in total. The minimum Gasteiger partial charge on any atom is -0.493 e. The maximum atomic E-state index is 11.1. The quantitative estimate of drug-likeness (QED) is 0.476. The number of hydrogen-bond donors (Lipinski definition) is 1. The molecule has 0 spiro atoms. The van der Waals surface area contributed by atoms with Crippen molar-refractivity contribution in [2.75, 3.05) is 14.2 Å². The smallest absolute Gasteiger partial charge is 0.217 e. The summed E-state index contributed by atoms with van der Waals surface area (Å²) in [6.45, 7) is 0. The summed E-state index contributed by atoms with van der Waals surface area (Å²) in [6, 6.07) is 6.23. The van der Waals surface area contributed by atoms with Crippen molar-refractivity contribution >= 4 is 29.0 Å². The molecule has 8 nitrogen and oxygen atoms in total. The fourth-order valence-corrected chi connectivity index (χ4v) is 4.96. The van der Waals surface area contributed by atoms with Crippen molar-refractivity contribution in [2.45, 2.75) is 42.6 Å². The Hall–Kier alpha value is -2.59. The highest BCUT2D eigenvalue weighted by Gasteiger charge is 2.29. The van der Waals surface area contributed by atoms with Gasteiger partial charge in [-0.3, -0.25) is 4.79 Å². The van der Waals surface area contributed by atoms with Crippen molar-refractivity contribution < 1.29 is 14.3 Å². The summed E-state index contributed by atoms with van der Waals surface area (Å²) in [5, 5.41) is 12.5. The number of benzene rings is 1. The maximum Gasteiger partial charge on any atom is 0.217 e. The molecule has 10 heteroatoms. The van der Waals surface area contributed by atoms with Gasteiger partial charge in [-0.25, -0.2) is 4.98 Å². The minimum absolute atomic E-state index is 0.288. The molecule has 0 bridgehead atoms. The number of thiazole rings is 1. The minimum atomic E-state index is -0.320. The summed E-state index contributed by atoms with van der Waals surface area (Å²) in [5.41, 5.74) is 7.26. The van der Waals surface area contributed by atoms with Crippen LogP contribution in [0, 0.1) is 0 Å². The molecule has 3 aromatic rings. The van der Waals surface area contributed by atoms with Gasteiger partial charge >= 0.3 is 0 Å². The first-order chi connectivity index (χ1) is 14.6. The molecule has 2 aromatic heterocycles. The second-order valence-corrected chi connectivity index (χ2v) is 8.77. The van der Waals surface area contributed by atoms with Crippen molar-refractivity contribution in [3.8, 4) is 22.1 Å². The number of methoxy groups -OCH3 is 2. The lowest BCUT2D eigenvalue weighted by Gasteiger charge is -2.08. The fraction of sp³-hybridized carbons (Fsp3) is 0.400. The molecule has 0 unspecified atom stereocenters. The summed E-state index contributed by atoms with van der Waals surface area (Å²) in [5.74, 6) is 2.59. The van der Waals surface area contributed by atoms with Gasteiger partial charge < -0.3 is 19.8 Å². The lowest BCUT2D eigenvalue weighted by molar-refractivity contribution is -0.118. The van der Waals surface area contributed by atoms with Crippen LogP contribution in [0.3, 0.4) is 0 Å². The third-order valence-corrected chi connectivity index (χ3v) is 6.69. The summed E-state index contributed by atoms with van der Waals surface area (Å²) < 4.78 is 12.9. The van der Waals surface area contributed by atoms with Gasteiger partial charge in [0.2, 0.25) is 5.91 Å². The van der Waals surface area contributed by atoms with E-state index in [2.05, 4.69) is 20.1 Å². The van der Waals surface area contributed by atoms with Gasteiger partial charge in [-0.2, -0.15) is 0 Å². The molecule has 4 rings (SSSR count). The molecule has 0 saturated heterocycles. The van der Waals surface area contributed by atoms with Crippen LogP contribution in [0.2, 0.25) is 0 Å². The zero-order valence-corrected chi connectivity index (χ0v) is 18.5. The first kappa shape index (κ1) is 20.7. The van der Waals surface area contributed by atoms with Crippen LogP contribution in [0.1, 0.15) is 36.8 Å². The van der Waals surface area contributed by atoms with E-state index in [9.17, 15) is 4.79 Å². The van der Waals surface area contributed by atoms with Crippen LogP contribution in [0.25, 0.3) is 10.6 Å². The number of primary amides is 1. The SMILES string of the molecule is COc1ccc(-c2nc(CSc3nnc(CCC(N)=O)n3C3CC3)cs2)cc1OC. The lowest BCUT2D eigenvalue weighted by Crippen LogP contribution is -2.13. The zero-order chi connectivity index (χ0) is 21.1. The number of carbonyl (C=O) groups excluding carboxylic acids is 1. The number of nitrogens with zero attached hydrogens (tertiary/aromatic N) is 4. The number of aromatic nitrogens is 4. The van der Waals surface area contributed by atoms with Crippen LogP contribution in [0.4, 0.5) is 0 Å². The van der Waals surface area contributed by atoms with Crippen LogP contribution in [0.5, 0.6) is 11.5 Å². The molecule has 1 aromatic carbocycles. The van der Waals surface area contributed by atoms with E-state index in [-0.39, 0.29) is 12.3 Å². The molecule has 0 aliphatic heterocycles. The molecule has 0 radical (unpaired) electrons. The van der Waals surface area contributed by atoms with Crippen LogP contribution >= 0.6 is 23.1 Å². The van der Waals surface area contributed by atoms with Crippen molar-refractivity contribution in [1.29, 1.82) is 0 Å². The zero-order valence-electron chi connectivity index (χ0n) is 16.8. The third-order valence-electron chi connectivity index (χ3n) is 4.77. The van der Waals surface area contributed by atoms with Gasteiger partial charge in [-0.05, 0) is 31.0 Å². The van der Waals surface area contributed by atoms with Gasteiger partial charge in [0.1, 0.15) is 10.8 Å². The Labute approximate surface area is 182 Å². The van der Waals surface area contributed by atoms with Crippen molar-refractivity contribution in [3.05, 3.63) is 35.1 Å². The predicted molar refractivity (Wildman–Crippen MR) is 116 cm³/mol. The van der Waals surface area contributed by atoms with Crippen LogP contribution < -0.4 is 15.2 Å². The maximum absolute atomic E-state index is 11.1. The fourth-order valence-electron chi connectivity index (χ4n) is 3.12. The van der Waals surface area contributed by atoms with E-state index in [1.54, 1.807) is 37.3 Å². The third kappa shape index (κ3) is 4.59. The van der Waals surface area contributed by atoms with Gasteiger partial charge in [0.15, 0.2) is 16.7 Å². The highest BCUT2D eigenvalue weighted by molar-refractivity contribution is 7.98. The molecule has 158 valence electrons. The number of hydrogen-bond acceptors (Lipinski definition) is 8. The van der Waals surface area contributed by atoms with Crippen LogP contribution in [0.15, 0.2) is 28.7 Å². The van der Waals surface area contributed by atoms with E-state index in [0.717, 1.165) is 40.1 Å². The molecule has 1 aliphatic carbocycles. The second kappa shape index (κ2) is 9.05. The Morgan fingerprint density at radius 3 is 2.77 bits per heavy atom. The number of carbonyl (C=O) groups is 1. The van der Waals surface area contributed by atoms with Gasteiger partial charge in [-0.1, -0.05) is 11.8 Å². The number of ether oxygens (including phenoxy) is 2. The summed E-state index contributed by atoms with van der Waals surface area (Å²) in [4.78, 5) is 15.9. The topological polar surface area (TPSA) is 105 Å². The molecule has 2 heterocycles.